The molecule has 4 fully saturated rings. The molecule has 0 aromatic rings. The second-order valence-electron chi connectivity index (χ2n) is 18.9. The average Bonchev–Trinajstić information content (AvgIpc) is 3.47. The summed E-state index contributed by atoms with van der Waals surface area (Å²) in [6, 6.07) is -1.12. The van der Waals surface area contributed by atoms with Crippen molar-refractivity contribution in [1.82, 2.24) is 16.0 Å². The molecular formula is C38H65Cl2Li2N7O7S3. The van der Waals surface area contributed by atoms with E-state index in [-0.39, 0.29) is 145 Å². The monoisotopic (exact) mass is 911 g/mol. The maximum absolute atomic E-state index is 13.6. The van der Waals surface area contributed by atoms with Gasteiger partial charge in [0, 0.05) is 17.3 Å². The molecule has 2 aliphatic heterocycles. The minimum atomic E-state index is -4.53. The number of aliphatic imine (C=N–C) groups is 1. The predicted molar refractivity (Wildman–Crippen MR) is 225 cm³/mol. The van der Waals surface area contributed by atoms with E-state index in [1.807, 2.05) is 62.3 Å². The molecule has 59 heavy (non-hydrogen) atoms. The van der Waals surface area contributed by atoms with Crippen molar-refractivity contribution in [2.75, 3.05) is 0 Å². The van der Waals surface area contributed by atoms with Crippen LogP contribution in [0.25, 0.3) is 0 Å². The Morgan fingerprint density at radius 3 is 1.56 bits per heavy atom. The molecular weight excluding hydrogens is 847 g/mol. The van der Waals surface area contributed by atoms with Gasteiger partial charge in [0.1, 0.15) is 6.04 Å². The van der Waals surface area contributed by atoms with Crippen LogP contribution in [0.4, 0.5) is 0 Å². The number of alkyl halides is 2. The largest absolute Gasteiger partial charge is 1.00 e. The number of amidine groups is 1. The van der Waals surface area contributed by atoms with Crippen molar-refractivity contribution in [3.05, 3.63) is 0 Å². The zero-order valence-corrected chi connectivity index (χ0v) is 40.6. The van der Waals surface area contributed by atoms with Gasteiger partial charge in [-0.25, -0.2) is 16.8 Å². The molecule has 21 heteroatoms. The van der Waals surface area contributed by atoms with Crippen LogP contribution < -0.4 is 59.4 Å². The number of rotatable bonds is 12. The average molecular weight is 913 g/mol. The first-order valence-electron chi connectivity index (χ1n) is 20.8. The number of hydrogen-bond acceptors (Lipinski definition) is 14. The van der Waals surface area contributed by atoms with Gasteiger partial charge in [0.25, 0.3) is 0 Å². The first-order valence-corrected chi connectivity index (χ1v) is 25.5. The Bertz CT molecular complexity index is 1680. The minimum absolute atomic E-state index is 0. The number of amides is 1. The van der Waals surface area contributed by atoms with E-state index in [1.54, 1.807) is 0 Å². The van der Waals surface area contributed by atoms with E-state index in [1.165, 1.54) is 11.8 Å². The van der Waals surface area contributed by atoms with Gasteiger partial charge >= 0.3 is 37.7 Å². The molecule has 1 saturated heterocycles. The van der Waals surface area contributed by atoms with Gasteiger partial charge in [-0.1, -0.05) is 74.1 Å². The number of nitrogens with one attached hydrogen (secondary N) is 3. The first kappa shape index (κ1) is 53.9. The number of halogens is 2. The molecule has 13 atom stereocenters. The third kappa shape index (κ3) is 12.7. The van der Waals surface area contributed by atoms with Crippen LogP contribution in [0, 0.1) is 59.2 Å². The van der Waals surface area contributed by atoms with Crippen LogP contribution in [0.15, 0.2) is 15.2 Å². The van der Waals surface area contributed by atoms with E-state index < -0.39 is 66.9 Å². The molecule has 0 bridgehead atoms. The van der Waals surface area contributed by atoms with Crippen LogP contribution >= 0.6 is 35.0 Å². The standard InChI is InChI=1S/C38H67Cl2N7O7S3.2Li/c1-16(2)23-10-21(56(49,50)51)11-24(17(3)4)33(23)43-36-31(35(41)48)20(9)32(46-47-38-42-29-14-27(39)28(40)15-30(29)55-38)37(45-36)44-34-25(18(5)6)12-22(57(52,53)54)13-26(34)19(7)8;;/h16-34,36-37,43-45H,10-15H2,1-9H3,(H2,41,48)(H,49,50,51)(H,52,53,54);;/q;2*+1/p-2. The third-order valence-corrected chi connectivity index (χ3v) is 18.7. The molecule has 328 valence electrons. The Labute approximate surface area is 391 Å². The maximum atomic E-state index is 13.6. The fourth-order valence-corrected chi connectivity index (χ4v) is 14.4. The maximum Gasteiger partial charge on any atom is 1.00 e. The number of carbonyl (C=O) groups is 1. The number of thioether (sulfide) groups is 1. The number of azo groups is 1. The molecule has 3 aliphatic carbocycles. The Hall–Kier alpha value is 0.565. The summed E-state index contributed by atoms with van der Waals surface area (Å²) < 4.78 is 74.6. The van der Waals surface area contributed by atoms with E-state index in [9.17, 15) is 30.7 Å². The van der Waals surface area contributed by atoms with Gasteiger partial charge in [-0.05, 0) is 91.8 Å². The van der Waals surface area contributed by atoms with Gasteiger partial charge in [0.2, 0.25) is 11.1 Å². The minimum Gasteiger partial charge on any atom is -0.748 e. The van der Waals surface area contributed by atoms with Gasteiger partial charge in [0.15, 0.2) is 0 Å². The molecule has 14 nitrogen and oxygen atoms in total. The second kappa shape index (κ2) is 21.7. The van der Waals surface area contributed by atoms with E-state index in [2.05, 4.69) is 16.0 Å². The summed E-state index contributed by atoms with van der Waals surface area (Å²) in [6.07, 6.45) is 0.937. The van der Waals surface area contributed by atoms with Crippen LogP contribution in [0.5, 0.6) is 0 Å². The van der Waals surface area contributed by atoms with Gasteiger partial charge in [-0.3, -0.25) is 25.7 Å². The molecule has 5 N–H and O–H groups in total. The normalized spacial score (nSPS) is 40.8. The summed E-state index contributed by atoms with van der Waals surface area (Å²) in [6.45, 7) is 18.2. The van der Waals surface area contributed by atoms with Crippen LogP contribution in [0.3, 0.4) is 0 Å². The number of nitrogens with two attached hydrogens (primary N) is 1. The molecule has 0 spiro atoms. The molecule has 1 amide bonds. The fourth-order valence-electron chi connectivity index (χ4n) is 10.7. The number of hydrogen-bond donors (Lipinski definition) is 4. The van der Waals surface area contributed by atoms with Crippen molar-refractivity contribution in [3.8, 4) is 0 Å². The summed E-state index contributed by atoms with van der Waals surface area (Å²) >= 11 is 14.5. The zero-order valence-electron chi connectivity index (χ0n) is 36.6. The van der Waals surface area contributed by atoms with Crippen LogP contribution in [-0.4, -0.2) is 100 Å². The molecule has 13 unspecified atom stereocenters. The number of fused-ring (bicyclic) bond motifs is 1. The molecule has 5 aliphatic rings. The summed E-state index contributed by atoms with van der Waals surface area (Å²) in [5, 5.41) is 19.3. The van der Waals surface area contributed by atoms with Gasteiger partial charge in [-0.2, -0.15) is 5.11 Å². The number of primary amides is 1. The molecule has 2 heterocycles. The van der Waals surface area contributed by atoms with Gasteiger partial charge in [0.05, 0.1) is 65.8 Å². The van der Waals surface area contributed by atoms with E-state index in [0.717, 1.165) is 0 Å². The fraction of sp³-hybridized carbons (Fsp3) is 0.947. The van der Waals surface area contributed by atoms with Crippen molar-refractivity contribution in [2.45, 2.75) is 164 Å². The summed E-state index contributed by atoms with van der Waals surface area (Å²) in [4.78, 5) is 18.4. The third-order valence-electron chi connectivity index (χ3n) is 14.0. The zero-order chi connectivity index (χ0) is 42.5. The Morgan fingerprint density at radius 1 is 0.763 bits per heavy atom. The molecule has 0 aromatic carbocycles. The summed E-state index contributed by atoms with van der Waals surface area (Å²) in [5.74, 6) is -2.34. The number of piperidine rings is 1. The Balaban J connectivity index is 0.00000465. The Morgan fingerprint density at radius 2 is 1.17 bits per heavy atom. The van der Waals surface area contributed by atoms with Crippen LogP contribution in [0.2, 0.25) is 0 Å². The number of nitrogens with zero attached hydrogens (tertiary/aromatic N) is 3. The molecule has 3 saturated carbocycles. The molecule has 0 radical (unpaired) electrons. The Kier molecular flexibility index (Phi) is 19.8. The van der Waals surface area contributed by atoms with E-state index in [4.69, 9.17) is 44.2 Å². The van der Waals surface area contributed by atoms with Crippen molar-refractivity contribution in [2.24, 2.45) is 80.1 Å². The van der Waals surface area contributed by atoms with Crippen molar-refractivity contribution >= 4 is 66.3 Å². The first-order chi connectivity index (χ1) is 26.4. The van der Waals surface area contributed by atoms with Crippen molar-refractivity contribution in [1.29, 1.82) is 0 Å². The van der Waals surface area contributed by atoms with Crippen molar-refractivity contribution in [3.63, 3.8) is 0 Å². The summed E-state index contributed by atoms with van der Waals surface area (Å²) in [7, 11) is -9.05. The SMILES string of the molecule is CC(C)C1CC(S(=O)(=O)[O-])CC(C(C)C)C1NC1NC(NC2C(C(C)C)CC(S(=O)(=O)[O-])CC2C(C)C)C(C(N)=O)C(C)C1N=NC1=NC2CC(Cl)C(Cl)CC2S1.[Li+].[Li+]. The molecule has 0 aromatic heterocycles. The quantitative estimate of drug-likeness (QED) is 0.0810. The molecule has 5 rings (SSSR count). The van der Waals surface area contributed by atoms with Crippen LogP contribution in [-0.2, 0) is 25.0 Å². The smallest absolute Gasteiger partial charge is 0.748 e. The topological polar surface area (TPSA) is 231 Å². The van der Waals surface area contributed by atoms with Crippen molar-refractivity contribution < 1.29 is 68.5 Å². The van der Waals surface area contributed by atoms with E-state index in [0.29, 0.717) is 18.0 Å². The number of carbonyl (C=O) groups excluding carboxylic acids is 1. The predicted octanol–water partition coefficient (Wildman–Crippen LogP) is -0.923. The van der Waals surface area contributed by atoms with Crippen LogP contribution in [0.1, 0.15) is 101 Å². The van der Waals surface area contributed by atoms with E-state index >= 15 is 0 Å². The summed E-state index contributed by atoms with van der Waals surface area (Å²) in [5.41, 5.74) is 6.24. The second-order valence-corrected chi connectivity index (χ2v) is 24.6. The van der Waals surface area contributed by atoms with Gasteiger partial charge < -0.3 is 14.8 Å². The van der Waals surface area contributed by atoms with Gasteiger partial charge in [-0.15, -0.1) is 28.3 Å².